The molecule has 0 aromatic heterocycles. The Bertz CT molecular complexity index is 631. The van der Waals surface area contributed by atoms with Gasteiger partial charge in [0.15, 0.2) is 0 Å². The number of anilines is 1. The topological polar surface area (TPSA) is 32.8 Å². The Labute approximate surface area is 152 Å². The fourth-order valence-corrected chi connectivity index (χ4v) is 3.39. The van der Waals surface area contributed by atoms with Gasteiger partial charge in [-0.2, -0.15) is 0 Å². The second-order valence-electron chi connectivity index (χ2n) is 6.50. The Hall–Kier alpha value is -1.99. The Morgan fingerprint density at radius 1 is 1.40 bits per heavy atom. The number of hydrogen-bond acceptors (Lipinski definition) is 3. The van der Waals surface area contributed by atoms with E-state index < -0.39 is 0 Å². The third-order valence-electron chi connectivity index (χ3n) is 4.52. The number of amides is 1. The highest BCUT2D eigenvalue weighted by Gasteiger charge is 2.18. The lowest BCUT2D eigenvalue weighted by Gasteiger charge is -2.31. The van der Waals surface area contributed by atoms with Crippen LogP contribution in [-0.4, -0.2) is 44.2 Å². The van der Waals surface area contributed by atoms with Gasteiger partial charge < -0.3 is 14.5 Å². The fraction of sp³-hybridized carbons (Fsp3) is 0.571. The van der Waals surface area contributed by atoms with Gasteiger partial charge in [0, 0.05) is 45.6 Å². The molecule has 1 aliphatic rings. The first-order valence-electron chi connectivity index (χ1n) is 9.27. The van der Waals surface area contributed by atoms with Crippen molar-refractivity contribution in [3.05, 3.63) is 29.3 Å². The van der Waals surface area contributed by atoms with Crippen molar-refractivity contribution in [2.45, 2.75) is 46.1 Å². The summed E-state index contributed by atoms with van der Waals surface area (Å²) in [4.78, 5) is 16.6. The molecule has 0 saturated heterocycles. The predicted molar refractivity (Wildman–Crippen MR) is 103 cm³/mol. The number of carbonyl (C=O) groups excluding carboxylic acids is 1. The lowest BCUT2D eigenvalue weighted by Crippen LogP contribution is -2.32. The summed E-state index contributed by atoms with van der Waals surface area (Å²) in [5, 5.41) is 0. The normalized spacial score (nSPS) is 13.0. The van der Waals surface area contributed by atoms with Crippen LogP contribution in [0.3, 0.4) is 0 Å². The highest BCUT2D eigenvalue weighted by molar-refractivity contribution is 5.93. The molecular weight excluding hydrogens is 312 g/mol. The molecule has 0 aliphatic carbocycles. The molecule has 1 amide bonds. The van der Waals surface area contributed by atoms with Crippen LogP contribution in [0.25, 0.3) is 0 Å². The smallest absolute Gasteiger partial charge is 0.298 e. The van der Waals surface area contributed by atoms with Gasteiger partial charge in [0.1, 0.15) is 0 Å². The lowest BCUT2D eigenvalue weighted by molar-refractivity contribution is -0.125. The van der Waals surface area contributed by atoms with Gasteiger partial charge in [-0.3, -0.25) is 4.79 Å². The van der Waals surface area contributed by atoms with Crippen molar-refractivity contribution < 1.29 is 9.53 Å². The fourth-order valence-electron chi connectivity index (χ4n) is 3.39. The summed E-state index contributed by atoms with van der Waals surface area (Å²) in [5.74, 6) is 5.27. The van der Waals surface area contributed by atoms with Crippen LogP contribution >= 0.6 is 0 Å². The first-order valence-corrected chi connectivity index (χ1v) is 9.27. The van der Waals surface area contributed by atoms with E-state index in [0.29, 0.717) is 19.7 Å². The molecule has 0 atom stereocenters. The summed E-state index contributed by atoms with van der Waals surface area (Å²) >= 11 is 0. The van der Waals surface area contributed by atoms with Crippen molar-refractivity contribution >= 4 is 11.6 Å². The second-order valence-corrected chi connectivity index (χ2v) is 6.50. The minimum Gasteiger partial charge on any atom is -0.385 e. The SMILES string of the molecule is CC#CC(=O)N(CCCOC)Cc1ccc2c(c1)CCCN2CCC. The minimum atomic E-state index is -0.107. The molecule has 0 N–H and O–H groups in total. The van der Waals surface area contributed by atoms with Crippen LogP contribution in [0, 0.1) is 11.8 Å². The van der Waals surface area contributed by atoms with E-state index in [-0.39, 0.29) is 5.91 Å². The minimum absolute atomic E-state index is 0.107. The molecule has 1 aromatic rings. The van der Waals surface area contributed by atoms with E-state index in [1.165, 1.54) is 29.7 Å². The Kier molecular flexibility index (Phi) is 7.81. The molecule has 25 heavy (non-hydrogen) atoms. The highest BCUT2D eigenvalue weighted by Crippen LogP contribution is 2.28. The second kappa shape index (κ2) is 10.1. The van der Waals surface area contributed by atoms with Crippen molar-refractivity contribution in [3.8, 4) is 11.8 Å². The highest BCUT2D eigenvalue weighted by atomic mass is 16.5. The Morgan fingerprint density at radius 3 is 2.96 bits per heavy atom. The zero-order valence-corrected chi connectivity index (χ0v) is 15.8. The average Bonchev–Trinajstić information content (AvgIpc) is 2.61. The van der Waals surface area contributed by atoms with Crippen LogP contribution in [-0.2, 0) is 22.5 Å². The molecule has 0 spiro atoms. The molecule has 0 radical (unpaired) electrons. The molecule has 0 saturated carbocycles. The van der Waals surface area contributed by atoms with Crippen LogP contribution in [0.4, 0.5) is 5.69 Å². The van der Waals surface area contributed by atoms with E-state index in [1.54, 1.807) is 14.0 Å². The molecule has 2 rings (SSSR count). The van der Waals surface area contributed by atoms with Gasteiger partial charge in [0.05, 0.1) is 0 Å². The number of rotatable bonds is 8. The molecule has 0 unspecified atom stereocenters. The van der Waals surface area contributed by atoms with E-state index in [0.717, 1.165) is 25.9 Å². The van der Waals surface area contributed by atoms with E-state index in [4.69, 9.17) is 4.74 Å². The molecule has 0 bridgehead atoms. The van der Waals surface area contributed by atoms with Crippen LogP contribution in [0.1, 0.15) is 44.2 Å². The van der Waals surface area contributed by atoms with E-state index >= 15 is 0 Å². The third-order valence-corrected chi connectivity index (χ3v) is 4.52. The number of carbonyl (C=O) groups is 1. The molecule has 4 heteroatoms. The number of aryl methyl sites for hydroxylation is 1. The van der Waals surface area contributed by atoms with Crippen molar-refractivity contribution in [2.75, 3.05) is 38.3 Å². The van der Waals surface area contributed by atoms with E-state index in [1.807, 2.05) is 4.90 Å². The van der Waals surface area contributed by atoms with Gasteiger partial charge in [-0.1, -0.05) is 25.0 Å². The summed E-state index contributed by atoms with van der Waals surface area (Å²) in [6.07, 6.45) is 4.31. The van der Waals surface area contributed by atoms with Gasteiger partial charge in [0.25, 0.3) is 5.91 Å². The summed E-state index contributed by atoms with van der Waals surface area (Å²) in [5.41, 5.74) is 3.95. The number of methoxy groups -OCH3 is 1. The lowest BCUT2D eigenvalue weighted by atomic mass is 9.98. The zero-order chi connectivity index (χ0) is 18.1. The quantitative estimate of drug-likeness (QED) is 0.537. The molecule has 1 heterocycles. The summed E-state index contributed by atoms with van der Waals surface area (Å²) in [6.45, 7) is 8.11. The maximum atomic E-state index is 12.3. The van der Waals surface area contributed by atoms with Crippen molar-refractivity contribution in [1.82, 2.24) is 4.90 Å². The first-order chi connectivity index (χ1) is 12.2. The van der Waals surface area contributed by atoms with Gasteiger partial charge in [-0.25, -0.2) is 0 Å². The van der Waals surface area contributed by atoms with Gasteiger partial charge in [-0.05, 0) is 55.7 Å². The van der Waals surface area contributed by atoms with Crippen molar-refractivity contribution in [1.29, 1.82) is 0 Å². The standard InChI is InChI=1S/C21H30N2O2/c1-4-8-21(24)23(14-7-15-25-3)17-18-10-11-20-19(16-18)9-6-13-22(20)12-5-2/h10-11,16H,5-7,9,12-15,17H2,1-3H3. The molecule has 1 aliphatic heterocycles. The van der Waals surface area contributed by atoms with Gasteiger partial charge >= 0.3 is 0 Å². The van der Waals surface area contributed by atoms with Crippen molar-refractivity contribution in [2.24, 2.45) is 0 Å². The molecule has 4 nitrogen and oxygen atoms in total. The largest absolute Gasteiger partial charge is 0.385 e. The maximum absolute atomic E-state index is 12.3. The number of benzene rings is 1. The number of nitrogens with zero attached hydrogens (tertiary/aromatic N) is 2. The van der Waals surface area contributed by atoms with Gasteiger partial charge in [0.2, 0.25) is 0 Å². The van der Waals surface area contributed by atoms with Crippen molar-refractivity contribution in [3.63, 3.8) is 0 Å². The maximum Gasteiger partial charge on any atom is 0.298 e. The Balaban J connectivity index is 2.12. The van der Waals surface area contributed by atoms with E-state index in [9.17, 15) is 4.79 Å². The Morgan fingerprint density at radius 2 is 2.24 bits per heavy atom. The molecule has 1 aromatic carbocycles. The monoisotopic (exact) mass is 342 g/mol. The average molecular weight is 342 g/mol. The number of hydrogen-bond donors (Lipinski definition) is 0. The molecular formula is C21H30N2O2. The molecule has 136 valence electrons. The summed E-state index contributed by atoms with van der Waals surface area (Å²) < 4.78 is 5.11. The first kappa shape index (κ1) is 19.3. The molecule has 0 fully saturated rings. The summed E-state index contributed by atoms with van der Waals surface area (Å²) in [7, 11) is 1.68. The zero-order valence-electron chi connectivity index (χ0n) is 15.8. The number of fused-ring (bicyclic) bond motifs is 1. The van der Waals surface area contributed by atoms with Gasteiger partial charge in [-0.15, -0.1) is 0 Å². The van der Waals surface area contributed by atoms with Crippen LogP contribution in [0.15, 0.2) is 18.2 Å². The van der Waals surface area contributed by atoms with Crippen LogP contribution < -0.4 is 4.90 Å². The predicted octanol–water partition coefficient (Wildman–Crippen LogP) is 3.24. The van der Waals surface area contributed by atoms with E-state index in [2.05, 4.69) is 41.9 Å². The number of ether oxygens (including phenoxy) is 1. The summed E-state index contributed by atoms with van der Waals surface area (Å²) in [6, 6.07) is 6.65. The third kappa shape index (κ3) is 5.51. The van der Waals surface area contributed by atoms with Crippen LogP contribution in [0.5, 0.6) is 0 Å². The van der Waals surface area contributed by atoms with Crippen LogP contribution in [0.2, 0.25) is 0 Å².